The molecule has 0 fully saturated rings. The molecule has 1 N–H and O–H groups in total. The predicted octanol–water partition coefficient (Wildman–Crippen LogP) is 4.39. The van der Waals surface area contributed by atoms with Crippen molar-refractivity contribution in [1.29, 1.82) is 5.26 Å². The van der Waals surface area contributed by atoms with Gasteiger partial charge in [0, 0.05) is 16.8 Å². The van der Waals surface area contributed by atoms with Crippen LogP contribution in [0.3, 0.4) is 0 Å². The minimum atomic E-state index is -0.323. The first-order chi connectivity index (χ1) is 11.5. The summed E-state index contributed by atoms with van der Waals surface area (Å²) in [7, 11) is 0. The molecule has 0 radical (unpaired) electrons. The van der Waals surface area contributed by atoms with E-state index in [0.717, 1.165) is 0 Å². The van der Waals surface area contributed by atoms with Crippen molar-refractivity contribution in [2.75, 3.05) is 18.5 Å². The molecule has 0 aliphatic heterocycles. The zero-order valence-electron chi connectivity index (χ0n) is 12.8. The van der Waals surface area contributed by atoms with Gasteiger partial charge in [0.05, 0.1) is 22.7 Å². The Bertz CT molecular complexity index is 773. The van der Waals surface area contributed by atoms with Crippen LogP contribution in [0.4, 0.5) is 5.69 Å². The maximum Gasteiger partial charge on any atom is 0.262 e. The van der Waals surface area contributed by atoms with Crippen molar-refractivity contribution in [2.45, 2.75) is 6.92 Å². The smallest absolute Gasteiger partial charge is 0.262 e. The molecule has 0 aliphatic rings. The third-order valence-corrected chi connectivity index (χ3v) is 3.76. The number of hydrogen-bond donors (Lipinski definition) is 1. The summed E-state index contributed by atoms with van der Waals surface area (Å²) in [5, 5.41) is 12.3. The number of anilines is 1. The first kappa shape index (κ1) is 18.1. The quantitative estimate of drug-likeness (QED) is 0.768. The normalized spacial score (nSPS) is 9.92. The number of nitrogens with zero attached hydrogens (tertiary/aromatic N) is 1. The molecule has 0 unspecified atom stereocenters. The number of rotatable bonds is 6. The largest absolute Gasteiger partial charge is 0.490 e. The van der Waals surface area contributed by atoms with Crippen LogP contribution in [0.5, 0.6) is 11.5 Å². The lowest BCUT2D eigenvalue weighted by Crippen LogP contribution is -2.20. The molecule has 0 saturated carbocycles. The van der Waals surface area contributed by atoms with Gasteiger partial charge in [-0.3, -0.25) is 4.79 Å². The van der Waals surface area contributed by atoms with Crippen molar-refractivity contribution in [3.8, 4) is 17.6 Å². The molecule has 2 aromatic carbocycles. The summed E-state index contributed by atoms with van der Waals surface area (Å²) >= 11 is 9.13. The van der Waals surface area contributed by atoms with E-state index < -0.39 is 0 Å². The molecule has 0 spiro atoms. The topological polar surface area (TPSA) is 71.3 Å². The summed E-state index contributed by atoms with van der Waals surface area (Å²) in [6.07, 6.45) is 0. The number of carbonyl (C=O) groups is 1. The van der Waals surface area contributed by atoms with E-state index in [4.69, 9.17) is 26.3 Å². The average molecular weight is 410 g/mol. The molecule has 2 rings (SSSR count). The zero-order chi connectivity index (χ0) is 17.5. The SMILES string of the molecule is CCOc1cc(C#N)cc(Br)c1OCC(=O)Nc1ccc(Cl)cc1. The van der Waals surface area contributed by atoms with E-state index in [1.54, 1.807) is 36.4 Å². The van der Waals surface area contributed by atoms with E-state index in [1.165, 1.54) is 0 Å². The Hall–Kier alpha value is -2.23. The Balaban J connectivity index is 2.06. The molecule has 5 nitrogen and oxygen atoms in total. The van der Waals surface area contributed by atoms with Crippen LogP contribution in [-0.4, -0.2) is 19.1 Å². The molecular formula is C17H14BrClN2O3. The van der Waals surface area contributed by atoms with E-state index in [1.807, 2.05) is 13.0 Å². The third-order valence-electron chi connectivity index (χ3n) is 2.91. The molecule has 0 aromatic heterocycles. The Kier molecular flexibility index (Phi) is 6.47. The fourth-order valence-corrected chi connectivity index (χ4v) is 2.59. The zero-order valence-corrected chi connectivity index (χ0v) is 15.1. The van der Waals surface area contributed by atoms with Crippen LogP contribution < -0.4 is 14.8 Å². The molecule has 0 bridgehead atoms. The van der Waals surface area contributed by atoms with Gasteiger partial charge in [-0.15, -0.1) is 0 Å². The van der Waals surface area contributed by atoms with Gasteiger partial charge in [-0.05, 0) is 53.2 Å². The van der Waals surface area contributed by atoms with Gasteiger partial charge in [-0.2, -0.15) is 5.26 Å². The van der Waals surface area contributed by atoms with Gasteiger partial charge in [-0.1, -0.05) is 11.6 Å². The summed E-state index contributed by atoms with van der Waals surface area (Å²) in [6, 6.07) is 12.0. The van der Waals surface area contributed by atoms with Gasteiger partial charge in [0.15, 0.2) is 18.1 Å². The van der Waals surface area contributed by atoms with Crippen LogP contribution in [0, 0.1) is 11.3 Å². The first-order valence-electron chi connectivity index (χ1n) is 7.08. The maximum absolute atomic E-state index is 12.0. The highest BCUT2D eigenvalue weighted by Crippen LogP contribution is 2.36. The number of benzene rings is 2. The summed E-state index contributed by atoms with van der Waals surface area (Å²) in [5.74, 6) is 0.459. The molecule has 7 heteroatoms. The monoisotopic (exact) mass is 408 g/mol. The highest BCUT2D eigenvalue weighted by molar-refractivity contribution is 9.10. The van der Waals surface area contributed by atoms with Gasteiger partial charge in [0.1, 0.15) is 0 Å². The molecule has 24 heavy (non-hydrogen) atoms. The number of amides is 1. The van der Waals surface area contributed by atoms with Gasteiger partial charge < -0.3 is 14.8 Å². The van der Waals surface area contributed by atoms with E-state index in [9.17, 15) is 4.79 Å². The van der Waals surface area contributed by atoms with Crippen LogP contribution in [0.1, 0.15) is 12.5 Å². The van der Waals surface area contributed by atoms with E-state index in [-0.39, 0.29) is 12.5 Å². The molecule has 0 saturated heterocycles. The Morgan fingerprint density at radius 1 is 1.29 bits per heavy atom. The van der Waals surface area contributed by atoms with Crippen molar-refractivity contribution in [3.05, 3.63) is 51.5 Å². The lowest BCUT2D eigenvalue weighted by atomic mass is 10.2. The van der Waals surface area contributed by atoms with Crippen molar-refractivity contribution < 1.29 is 14.3 Å². The van der Waals surface area contributed by atoms with E-state index in [0.29, 0.717) is 38.9 Å². The highest BCUT2D eigenvalue weighted by atomic mass is 79.9. The van der Waals surface area contributed by atoms with Crippen molar-refractivity contribution in [2.24, 2.45) is 0 Å². The van der Waals surface area contributed by atoms with Crippen LogP contribution >= 0.6 is 27.5 Å². The Labute approximate surface area is 153 Å². The van der Waals surface area contributed by atoms with Crippen molar-refractivity contribution in [3.63, 3.8) is 0 Å². The van der Waals surface area contributed by atoms with Gasteiger partial charge in [0.25, 0.3) is 5.91 Å². The number of halogens is 2. The summed E-state index contributed by atoms with van der Waals surface area (Å²) < 4.78 is 11.6. The number of hydrogen-bond acceptors (Lipinski definition) is 4. The van der Waals surface area contributed by atoms with Crippen LogP contribution in [0.15, 0.2) is 40.9 Å². The molecule has 0 atom stereocenters. The second kappa shape index (κ2) is 8.57. The van der Waals surface area contributed by atoms with E-state index >= 15 is 0 Å². The second-order valence-corrected chi connectivity index (χ2v) is 5.96. The number of nitriles is 1. The molecule has 2 aromatic rings. The minimum absolute atomic E-state index is 0.201. The first-order valence-corrected chi connectivity index (χ1v) is 8.25. The fourth-order valence-electron chi connectivity index (χ4n) is 1.90. The predicted molar refractivity (Wildman–Crippen MR) is 95.6 cm³/mol. The summed E-state index contributed by atoms with van der Waals surface area (Å²) in [4.78, 5) is 12.0. The van der Waals surface area contributed by atoms with Crippen LogP contribution in [0.25, 0.3) is 0 Å². The molecule has 124 valence electrons. The number of ether oxygens (including phenoxy) is 2. The van der Waals surface area contributed by atoms with Crippen LogP contribution in [0.2, 0.25) is 5.02 Å². The Morgan fingerprint density at radius 3 is 2.62 bits per heavy atom. The molecule has 0 heterocycles. The molecular weight excluding hydrogens is 396 g/mol. The lowest BCUT2D eigenvalue weighted by molar-refractivity contribution is -0.118. The third kappa shape index (κ3) is 4.88. The van der Waals surface area contributed by atoms with Gasteiger partial charge in [-0.25, -0.2) is 0 Å². The second-order valence-electron chi connectivity index (χ2n) is 4.67. The minimum Gasteiger partial charge on any atom is -0.490 e. The Morgan fingerprint density at radius 2 is 2.00 bits per heavy atom. The maximum atomic E-state index is 12.0. The van der Waals surface area contributed by atoms with E-state index in [2.05, 4.69) is 21.2 Å². The number of carbonyl (C=O) groups excluding carboxylic acids is 1. The van der Waals surface area contributed by atoms with Gasteiger partial charge >= 0.3 is 0 Å². The molecule has 0 aliphatic carbocycles. The average Bonchev–Trinajstić information content (AvgIpc) is 2.56. The van der Waals surface area contributed by atoms with Crippen molar-refractivity contribution >= 4 is 39.1 Å². The molecule has 1 amide bonds. The highest BCUT2D eigenvalue weighted by Gasteiger charge is 2.14. The van der Waals surface area contributed by atoms with Crippen LogP contribution in [-0.2, 0) is 4.79 Å². The number of nitrogens with one attached hydrogen (secondary N) is 1. The summed E-state index contributed by atoms with van der Waals surface area (Å²) in [6.45, 7) is 2.03. The summed E-state index contributed by atoms with van der Waals surface area (Å²) in [5.41, 5.74) is 1.06. The standard InChI is InChI=1S/C17H14BrClN2O3/c1-2-23-15-8-11(9-20)7-14(18)17(15)24-10-16(22)21-13-5-3-12(19)4-6-13/h3-8H,2,10H2,1H3,(H,21,22). The lowest BCUT2D eigenvalue weighted by Gasteiger charge is -2.14. The fraction of sp³-hybridized carbons (Fsp3) is 0.176. The van der Waals surface area contributed by atoms with Crippen molar-refractivity contribution in [1.82, 2.24) is 0 Å². The van der Waals surface area contributed by atoms with Gasteiger partial charge in [0.2, 0.25) is 0 Å².